The van der Waals surface area contributed by atoms with Crippen LogP contribution in [0.2, 0.25) is 36.3 Å². The first-order valence-corrected chi connectivity index (χ1v) is 20.8. The van der Waals surface area contributed by atoms with Crippen LogP contribution in [-0.4, -0.2) is 43.0 Å². The molecule has 0 aliphatic carbocycles. The second kappa shape index (κ2) is 11.1. The normalized spacial score (nSPS) is 23.1. The van der Waals surface area contributed by atoms with Crippen molar-refractivity contribution in [2.24, 2.45) is 0 Å². The maximum atomic E-state index is 13.0. The Balaban J connectivity index is 2.14. The monoisotopic (exact) mass is 594 g/mol. The molecule has 0 radical (unpaired) electrons. The molecule has 1 saturated heterocycles. The summed E-state index contributed by atoms with van der Waals surface area (Å²) < 4.78 is 15.3. The lowest BCUT2D eigenvalue weighted by Crippen LogP contribution is -2.51. The van der Waals surface area contributed by atoms with E-state index in [9.17, 15) is 9.59 Å². The number of hydrogen-bond donors (Lipinski definition) is 1. The molecule has 2 heterocycles. The minimum Gasteiger partial charge on any atom is -0.414 e. The molecule has 0 unspecified atom stereocenters. The summed E-state index contributed by atoms with van der Waals surface area (Å²) >= 11 is 3.53. The summed E-state index contributed by atoms with van der Waals surface area (Å²) in [7, 11) is -4.24. The number of aromatic nitrogens is 2. The van der Waals surface area contributed by atoms with E-state index in [1.807, 2.05) is 6.07 Å². The Morgan fingerprint density at radius 1 is 1.03 bits per heavy atom. The predicted molar refractivity (Wildman–Crippen MR) is 168 cm³/mol. The molecule has 0 saturated carbocycles. The number of rotatable bonds is 8. The van der Waals surface area contributed by atoms with Gasteiger partial charge in [-0.2, -0.15) is 0 Å². The van der Waals surface area contributed by atoms with E-state index in [4.69, 9.17) is 8.85 Å². The zero-order valence-corrected chi connectivity index (χ0v) is 28.6. The van der Waals surface area contributed by atoms with Crippen LogP contribution < -0.4 is 11.2 Å². The Morgan fingerprint density at radius 2 is 1.61 bits per heavy atom. The molecule has 0 bridgehead atoms. The van der Waals surface area contributed by atoms with Crippen LogP contribution in [-0.2, 0) is 8.85 Å². The Labute approximate surface area is 239 Å². The van der Waals surface area contributed by atoms with Gasteiger partial charge in [-0.3, -0.25) is 14.3 Å². The minimum absolute atomic E-state index is 0.0323. The molecule has 3 rings (SSSR count). The molecule has 38 heavy (non-hydrogen) atoms. The molecule has 1 aromatic heterocycles. The quantitative estimate of drug-likeness (QED) is 0.322. The van der Waals surface area contributed by atoms with E-state index >= 15 is 0 Å². The molecule has 1 aliphatic rings. The van der Waals surface area contributed by atoms with Gasteiger partial charge < -0.3 is 8.85 Å². The van der Waals surface area contributed by atoms with Gasteiger partial charge in [0.2, 0.25) is 0 Å². The lowest BCUT2D eigenvalue weighted by molar-refractivity contribution is 0.134. The van der Waals surface area contributed by atoms with Gasteiger partial charge in [-0.1, -0.05) is 59.7 Å². The molecule has 0 spiro atoms. The van der Waals surface area contributed by atoms with Crippen LogP contribution in [0.4, 0.5) is 0 Å². The standard InChI is InChI=1S/C28H46N2O4S2Si2/c1-20-18-30(25(32)29-24(20)31)23-17-22(34-38(10,11)27(5,6)7)28(36-23,35-21-15-13-12-14-16-21)19-33-37(8,9)26(2,3)4/h12-16,18,22-23H,17,19H2,1-11H3,(H,29,31,32)/t22-,23+,28+/m0/s1. The fourth-order valence-corrected chi connectivity index (χ4v) is 9.88. The van der Waals surface area contributed by atoms with Crippen LogP contribution in [0.25, 0.3) is 0 Å². The second-order valence-electron chi connectivity index (χ2n) is 13.4. The highest BCUT2D eigenvalue weighted by atomic mass is 32.2. The fraction of sp³-hybridized carbons (Fsp3) is 0.643. The van der Waals surface area contributed by atoms with Crippen LogP contribution in [0.1, 0.15) is 58.9 Å². The average molecular weight is 595 g/mol. The molecule has 0 amide bonds. The van der Waals surface area contributed by atoms with Crippen molar-refractivity contribution in [3.63, 3.8) is 0 Å². The number of thioether (sulfide) groups is 2. The third kappa shape index (κ3) is 6.80. The Kier molecular flexibility index (Phi) is 9.18. The van der Waals surface area contributed by atoms with Crippen LogP contribution in [0.15, 0.2) is 51.0 Å². The first kappa shape index (κ1) is 31.5. The SMILES string of the molecule is Cc1cn([C@H]2C[C@H](O[Si](C)(C)C(C)(C)C)[C@](CO[Si](C)(C)C(C)(C)C)(Sc3ccccc3)S2)c(=O)[nH]c1=O. The third-order valence-electron chi connectivity index (χ3n) is 8.42. The molecule has 1 aliphatic heterocycles. The second-order valence-corrected chi connectivity index (χ2v) is 26.2. The van der Waals surface area contributed by atoms with Gasteiger partial charge in [-0.05, 0) is 55.3 Å². The smallest absolute Gasteiger partial charge is 0.329 e. The number of hydrogen-bond acceptors (Lipinski definition) is 6. The van der Waals surface area contributed by atoms with Crippen molar-refractivity contribution in [2.45, 2.75) is 112 Å². The molecule has 10 heteroatoms. The van der Waals surface area contributed by atoms with Crippen LogP contribution in [0, 0.1) is 6.92 Å². The molecule has 1 aromatic carbocycles. The Morgan fingerprint density at radius 3 is 2.16 bits per heavy atom. The van der Waals surface area contributed by atoms with Gasteiger partial charge in [0.25, 0.3) is 5.56 Å². The fourth-order valence-electron chi connectivity index (χ4n) is 3.79. The molecule has 6 nitrogen and oxygen atoms in total. The van der Waals surface area contributed by atoms with Crippen molar-refractivity contribution in [3.05, 3.63) is 62.9 Å². The van der Waals surface area contributed by atoms with Crippen molar-refractivity contribution in [3.8, 4) is 0 Å². The minimum atomic E-state index is -2.17. The third-order valence-corrected chi connectivity index (χ3v) is 20.6. The summed E-state index contributed by atoms with van der Waals surface area (Å²) in [5.74, 6) is 0. The number of nitrogens with zero attached hydrogens (tertiary/aromatic N) is 1. The van der Waals surface area contributed by atoms with Gasteiger partial charge >= 0.3 is 5.69 Å². The van der Waals surface area contributed by atoms with Crippen molar-refractivity contribution < 1.29 is 8.85 Å². The van der Waals surface area contributed by atoms with Crippen LogP contribution >= 0.6 is 23.5 Å². The van der Waals surface area contributed by atoms with Crippen molar-refractivity contribution in [1.29, 1.82) is 0 Å². The van der Waals surface area contributed by atoms with E-state index in [-0.39, 0.29) is 32.8 Å². The highest BCUT2D eigenvalue weighted by Gasteiger charge is 2.55. The van der Waals surface area contributed by atoms with E-state index in [1.165, 1.54) is 0 Å². The predicted octanol–water partition coefficient (Wildman–Crippen LogP) is 7.38. The zero-order valence-electron chi connectivity index (χ0n) is 24.9. The number of benzene rings is 1. The number of aromatic amines is 1. The summed E-state index contributed by atoms with van der Waals surface area (Å²) in [5, 5.41) is -0.0891. The average Bonchev–Trinajstić information content (AvgIpc) is 3.11. The van der Waals surface area contributed by atoms with E-state index in [0.717, 1.165) is 4.90 Å². The van der Waals surface area contributed by atoms with Gasteiger partial charge in [0.05, 0.1) is 18.1 Å². The van der Waals surface area contributed by atoms with Gasteiger partial charge in [-0.25, -0.2) is 4.79 Å². The van der Waals surface area contributed by atoms with Gasteiger partial charge in [0.1, 0.15) is 4.08 Å². The lowest BCUT2D eigenvalue weighted by atomic mass is 10.2. The summed E-state index contributed by atoms with van der Waals surface area (Å²) in [5.41, 5.74) is -0.192. The molecule has 3 atom stereocenters. The molecule has 212 valence electrons. The number of aryl methyl sites for hydroxylation is 1. The van der Waals surface area contributed by atoms with E-state index < -0.39 is 20.7 Å². The van der Waals surface area contributed by atoms with Crippen molar-refractivity contribution in [1.82, 2.24) is 9.55 Å². The van der Waals surface area contributed by atoms with Crippen molar-refractivity contribution >= 4 is 40.2 Å². The van der Waals surface area contributed by atoms with Crippen LogP contribution in [0.5, 0.6) is 0 Å². The summed E-state index contributed by atoms with van der Waals surface area (Å²) in [4.78, 5) is 28.8. The first-order valence-electron chi connectivity index (χ1n) is 13.3. The largest absolute Gasteiger partial charge is 0.414 e. The van der Waals surface area contributed by atoms with Gasteiger partial charge in [0, 0.05) is 23.1 Å². The maximum absolute atomic E-state index is 13.0. The summed E-state index contributed by atoms with van der Waals surface area (Å²) in [6.45, 7) is 24.9. The van der Waals surface area contributed by atoms with Gasteiger partial charge in [-0.15, -0.1) is 23.5 Å². The van der Waals surface area contributed by atoms with Crippen molar-refractivity contribution in [2.75, 3.05) is 6.61 Å². The lowest BCUT2D eigenvalue weighted by Gasteiger charge is -2.45. The number of H-pyrrole nitrogens is 1. The maximum Gasteiger partial charge on any atom is 0.329 e. The molecule has 1 fully saturated rings. The summed E-state index contributed by atoms with van der Waals surface area (Å²) in [6, 6.07) is 10.4. The van der Waals surface area contributed by atoms with E-state index in [1.54, 1.807) is 41.2 Å². The highest BCUT2D eigenvalue weighted by Crippen LogP contribution is 2.60. The molecule has 2 aromatic rings. The molecule has 1 N–H and O–H groups in total. The summed E-state index contributed by atoms with van der Waals surface area (Å²) in [6.07, 6.45) is 2.20. The van der Waals surface area contributed by atoms with E-state index in [0.29, 0.717) is 18.6 Å². The number of nitrogens with one attached hydrogen (secondary N) is 1. The Bertz CT molecular complexity index is 1230. The van der Waals surface area contributed by atoms with E-state index in [2.05, 4.69) is 97.0 Å². The Hall–Kier alpha value is -1.05. The molecular weight excluding hydrogens is 549 g/mol. The van der Waals surface area contributed by atoms with Crippen LogP contribution in [0.3, 0.4) is 0 Å². The van der Waals surface area contributed by atoms with Gasteiger partial charge in [0.15, 0.2) is 16.6 Å². The highest BCUT2D eigenvalue weighted by molar-refractivity contribution is 8.18. The zero-order chi connectivity index (χ0) is 28.7. The first-order chi connectivity index (χ1) is 17.3. The molecular formula is C28H46N2O4S2Si2. The topological polar surface area (TPSA) is 73.3 Å².